The van der Waals surface area contributed by atoms with Gasteiger partial charge in [-0.25, -0.2) is 0 Å². The molecule has 1 heterocycles. The number of methoxy groups -OCH3 is 1. The molecule has 0 bridgehead atoms. The van der Waals surface area contributed by atoms with Gasteiger partial charge in [-0.3, -0.25) is 4.79 Å². The highest BCUT2D eigenvalue weighted by atomic mass is 16.5. The quantitative estimate of drug-likeness (QED) is 0.812. The lowest BCUT2D eigenvalue weighted by atomic mass is 9.88. The van der Waals surface area contributed by atoms with Crippen LogP contribution in [-0.4, -0.2) is 44.1 Å². The lowest BCUT2D eigenvalue weighted by Crippen LogP contribution is -2.30. The Morgan fingerprint density at radius 2 is 1.61 bits per heavy atom. The maximum absolute atomic E-state index is 12.6. The van der Waals surface area contributed by atoms with E-state index in [1.807, 2.05) is 43.0 Å². The molecule has 0 spiro atoms. The number of piperidine rings is 1. The van der Waals surface area contributed by atoms with Crippen molar-refractivity contribution >= 4 is 11.5 Å². The Morgan fingerprint density at radius 1 is 0.964 bits per heavy atom. The molecule has 0 unspecified atom stereocenters. The first-order valence-corrected chi connectivity index (χ1v) is 10.1. The zero-order valence-electron chi connectivity index (χ0n) is 17.1. The monoisotopic (exact) mass is 378 g/mol. The molecule has 0 atom stereocenters. The van der Waals surface area contributed by atoms with E-state index in [1.165, 1.54) is 16.7 Å². The summed E-state index contributed by atoms with van der Waals surface area (Å²) in [6, 6.07) is 16.3. The van der Waals surface area contributed by atoms with Gasteiger partial charge in [-0.2, -0.15) is 0 Å². The number of ether oxygens (including phenoxy) is 1. The number of nitrogens with zero attached hydrogens (tertiary/aromatic N) is 1. The largest absolute Gasteiger partial charge is 0.497 e. The highest BCUT2D eigenvalue weighted by molar-refractivity contribution is 5.95. The van der Waals surface area contributed by atoms with Crippen LogP contribution in [0.1, 0.15) is 48.2 Å². The normalized spacial score (nSPS) is 13.9. The van der Waals surface area contributed by atoms with Crippen LogP contribution >= 0.6 is 0 Å². The van der Waals surface area contributed by atoms with Crippen molar-refractivity contribution in [3.63, 3.8) is 0 Å². The number of rotatable bonds is 6. The van der Waals surface area contributed by atoms with Crippen molar-refractivity contribution in [2.45, 2.75) is 26.7 Å². The van der Waals surface area contributed by atoms with Crippen LogP contribution in [0.15, 0.2) is 54.1 Å². The molecule has 28 heavy (non-hydrogen) atoms. The Bertz CT molecular complexity index is 828. The number of hydrogen-bond donors (Lipinski definition) is 1. The standard InChI is InChI=1S/C24H30N2O2/c1-4-26(5-2)24(27)20-11-9-18(10-12-20)23(19-13-15-25-16-14-19)21-7-6-8-22(17-21)28-3/h6-12,17,25H,4-5,13-16H2,1-3H3. The van der Waals surface area contributed by atoms with E-state index >= 15 is 0 Å². The smallest absolute Gasteiger partial charge is 0.253 e. The summed E-state index contributed by atoms with van der Waals surface area (Å²) in [6.07, 6.45) is 2.07. The molecule has 2 aromatic carbocycles. The number of amides is 1. The van der Waals surface area contributed by atoms with Crippen molar-refractivity contribution < 1.29 is 9.53 Å². The molecule has 1 fully saturated rings. The molecule has 148 valence electrons. The van der Waals surface area contributed by atoms with Crippen molar-refractivity contribution in [3.8, 4) is 5.75 Å². The van der Waals surface area contributed by atoms with Crippen LogP contribution in [0.2, 0.25) is 0 Å². The second-order valence-corrected chi connectivity index (χ2v) is 7.02. The third-order valence-corrected chi connectivity index (χ3v) is 5.39. The number of hydrogen-bond acceptors (Lipinski definition) is 3. The SMILES string of the molecule is CCN(CC)C(=O)c1ccc(C(=C2CCNCC2)c2cccc(OC)c2)cc1. The van der Waals surface area contributed by atoms with Crippen molar-refractivity contribution in [1.29, 1.82) is 0 Å². The zero-order valence-corrected chi connectivity index (χ0v) is 17.1. The second-order valence-electron chi connectivity index (χ2n) is 7.02. The molecule has 0 aromatic heterocycles. The molecular weight excluding hydrogens is 348 g/mol. The molecule has 1 N–H and O–H groups in total. The summed E-state index contributed by atoms with van der Waals surface area (Å²) in [5, 5.41) is 3.44. The predicted octanol–water partition coefficient (Wildman–Crippen LogP) is 4.36. The summed E-state index contributed by atoms with van der Waals surface area (Å²) < 4.78 is 5.44. The molecule has 4 nitrogen and oxygen atoms in total. The Labute approximate surface area is 168 Å². The molecular formula is C24H30N2O2. The minimum atomic E-state index is 0.0917. The van der Waals surface area contributed by atoms with Crippen LogP contribution in [0.3, 0.4) is 0 Å². The van der Waals surface area contributed by atoms with Crippen molar-refractivity contribution in [2.75, 3.05) is 33.3 Å². The third-order valence-electron chi connectivity index (χ3n) is 5.39. The van der Waals surface area contributed by atoms with Crippen molar-refractivity contribution in [1.82, 2.24) is 10.2 Å². The summed E-state index contributed by atoms with van der Waals surface area (Å²) in [5.41, 5.74) is 5.78. The fourth-order valence-corrected chi connectivity index (χ4v) is 3.80. The lowest BCUT2D eigenvalue weighted by molar-refractivity contribution is 0.0773. The van der Waals surface area contributed by atoms with Gasteiger partial charge in [0.25, 0.3) is 5.91 Å². The van der Waals surface area contributed by atoms with E-state index in [-0.39, 0.29) is 5.91 Å². The highest BCUT2D eigenvalue weighted by Gasteiger charge is 2.17. The van der Waals surface area contributed by atoms with E-state index in [0.717, 1.165) is 55.9 Å². The maximum atomic E-state index is 12.6. The van der Waals surface area contributed by atoms with Crippen molar-refractivity contribution in [3.05, 3.63) is 70.8 Å². The Kier molecular flexibility index (Phi) is 6.88. The van der Waals surface area contributed by atoms with E-state index in [1.54, 1.807) is 7.11 Å². The maximum Gasteiger partial charge on any atom is 0.253 e. The Morgan fingerprint density at radius 3 is 2.21 bits per heavy atom. The average Bonchev–Trinajstić information content (AvgIpc) is 2.76. The molecule has 3 rings (SSSR count). The van der Waals surface area contributed by atoms with Gasteiger partial charge in [-0.1, -0.05) is 29.8 Å². The van der Waals surface area contributed by atoms with E-state index in [2.05, 4.69) is 29.6 Å². The van der Waals surface area contributed by atoms with E-state index in [4.69, 9.17) is 4.74 Å². The first-order valence-electron chi connectivity index (χ1n) is 10.1. The summed E-state index contributed by atoms with van der Waals surface area (Å²) in [4.78, 5) is 14.5. The van der Waals surface area contributed by atoms with Gasteiger partial charge < -0.3 is 15.0 Å². The molecule has 2 aromatic rings. The van der Waals surface area contributed by atoms with E-state index in [9.17, 15) is 4.79 Å². The van der Waals surface area contributed by atoms with Crippen LogP contribution in [0.5, 0.6) is 5.75 Å². The minimum Gasteiger partial charge on any atom is -0.497 e. The van der Waals surface area contributed by atoms with Crippen molar-refractivity contribution in [2.24, 2.45) is 0 Å². The van der Waals surface area contributed by atoms with Gasteiger partial charge in [-0.05, 0) is 80.7 Å². The predicted molar refractivity (Wildman–Crippen MR) is 115 cm³/mol. The average molecular weight is 379 g/mol. The Balaban J connectivity index is 2.00. The van der Waals surface area contributed by atoms with Gasteiger partial charge in [0.05, 0.1) is 7.11 Å². The first kappa shape index (κ1) is 20.2. The van der Waals surface area contributed by atoms with Gasteiger partial charge >= 0.3 is 0 Å². The topological polar surface area (TPSA) is 41.6 Å². The van der Waals surface area contributed by atoms with Gasteiger partial charge in [0.15, 0.2) is 0 Å². The summed E-state index contributed by atoms with van der Waals surface area (Å²) in [7, 11) is 1.70. The summed E-state index contributed by atoms with van der Waals surface area (Å²) in [5.74, 6) is 0.951. The van der Waals surface area contributed by atoms with E-state index in [0.29, 0.717) is 0 Å². The summed E-state index contributed by atoms with van der Waals surface area (Å²) in [6.45, 7) is 7.48. The highest BCUT2D eigenvalue weighted by Crippen LogP contribution is 2.33. The second kappa shape index (κ2) is 9.56. The molecule has 1 aliphatic rings. The van der Waals surface area contributed by atoms with Crippen LogP contribution in [0.25, 0.3) is 5.57 Å². The molecule has 0 saturated carbocycles. The van der Waals surface area contributed by atoms with Gasteiger partial charge in [0.2, 0.25) is 0 Å². The fourth-order valence-electron chi connectivity index (χ4n) is 3.80. The van der Waals surface area contributed by atoms with Crippen LogP contribution < -0.4 is 10.1 Å². The van der Waals surface area contributed by atoms with Crippen LogP contribution in [-0.2, 0) is 0 Å². The molecule has 1 aliphatic heterocycles. The number of carbonyl (C=O) groups is 1. The zero-order chi connectivity index (χ0) is 19.9. The fraction of sp³-hybridized carbons (Fsp3) is 0.375. The lowest BCUT2D eigenvalue weighted by Gasteiger charge is -2.22. The molecule has 4 heteroatoms. The summed E-state index contributed by atoms with van der Waals surface area (Å²) >= 11 is 0. The minimum absolute atomic E-state index is 0.0917. The number of benzene rings is 2. The number of nitrogens with one attached hydrogen (secondary N) is 1. The molecule has 1 saturated heterocycles. The number of carbonyl (C=O) groups excluding carboxylic acids is 1. The van der Waals surface area contributed by atoms with Gasteiger partial charge in [0.1, 0.15) is 5.75 Å². The van der Waals surface area contributed by atoms with Crippen LogP contribution in [0, 0.1) is 0 Å². The Hall–Kier alpha value is -2.59. The molecule has 0 aliphatic carbocycles. The van der Waals surface area contributed by atoms with E-state index < -0.39 is 0 Å². The van der Waals surface area contributed by atoms with Gasteiger partial charge in [-0.15, -0.1) is 0 Å². The van der Waals surface area contributed by atoms with Gasteiger partial charge in [0, 0.05) is 18.7 Å². The third kappa shape index (κ3) is 4.45. The van der Waals surface area contributed by atoms with Crippen LogP contribution in [0.4, 0.5) is 0 Å². The molecule has 0 radical (unpaired) electrons. The first-order chi connectivity index (χ1) is 13.7. The molecule has 1 amide bonds.